The molecule has 2 aliphatic heterocycles. The highest BCUT2D eigenvalue weighted by Crippen LogP contribution is 2.33. The van der Waals surface area contributed by atoms with Gasteiger partial charge < -0.3 is 15.0 Å². The molecule has 1 aromatic heterocycles. The number of hydrogen-bond donors (Lipinski definition) is 1. The molecule has 0 saturated carbocycles. The Balaban J connectivity index is 1.48. The topological polar surface area (TPSA) is 74.8 Å². The lowest BCUT2D eigenvalue weighted by atomic mass is 10.2. The SMILES string of the molecule is O=C1OCCN1c1cccc(NC(=O)N2CCCC2c2nccs2)c1. The van der Waals surface area contributed by atoms with Crippen LogP contribution in [0.4, 0.5) is 21.0 Å². The molecule has 0 aliphatic carbocycles. The molecule has 1 atom stereocenters. The van der Waals surface area contributed by atoms with Crippen LogP contribution in [0.25, 0.3) is 0 Å². The maximum Gasteiger partial charge on any atom is 0.414 e. The Morgan fingerprint density at radius 1 is 1.36 bits per heavy atom. The maximum absolute atomic E-state index is 12.7. The highest BCUT2D eigenvalue weighted by molar-refractivity contribution is 7.09. The number of nitrogens with zero attached hydrogens (tertiary/aromatic N) is 3. The van der Waals surface area contributed by atoms with Gasteiger partial charge in [0.25, 0.3) is 0 Å². The number of aromatic nitrogens is 1. The first-order valence-corrected chi connectivity index (χ1v) is 9.12. The summed E-state index contributed by atoms with van der Waals surface area (Å²) in [4.78, 5) is 32.1. The van der Waals surface area contributed by atoms with Crippen LogP contribution in [0.3, 0.4) is 0 Å². The van der Waals surface area contributed by atoms with Gasteiger partial charge in [0.05, 0.1) is 12.6 Å². The molecule has 4 rings (SSSR count). The largest absolute Gasteiger partial charge is 0.447 e. The zero-order chi connectivity index (χ0) is 17.2. The van der Waals surface area contributed by atoms with Crippen LogP contribution < -0.4 is 10.2 Å². The Bertz CT molecular complexity index is 780. The second-order valence-electron chi connectivity index (χ2n) is 5.97. The predicted octanol–water partition coefficient (Wildman–Crippen LogP) is 3.47. The van der Waals surface area contributed by atoms with Crippen molar-refractivity contribution >= 4 is 34.8 Å². The summed E-state index contributed by atoms with van der Waals surface area (Å²) in [6, 6.07) is 7.15. The Kier molecular flexibility index (Phi) is 4.27. The molecule has 3 amide bonds. The molecular weight excluding hydrogens is 340 g/mol. The maximum atomic E-state index is 12.7. The fourth-order valence-corrected chi connectivity index (χ4v) is 4.03. The van der Waals surface area contributed by atoms with Crippen molar-refractivity contribution in [1.29, 1.82) is 0 Å². The monoisotopic (exact) mass is 358 g/mol. The average Bonchev–Trinajstić information content (AvgIpc) is 3.36. The number of hydrogen-bond acceptors (Lipinski definition) is 5. The Morgan fingerprint density at radius 2 is 2.28 bits per heavy atom. The van der Waals surface area contributed by atoms with Crippen molar-refractivity contribution < 1.29 is 14.3 Å². The van der Waals surface area contributed by atoms with Gasteiger partial charge in [-0.15, -0.1) is 11.3 Å². The van der Waals surface area contributed by atoms with Gasteiger partial charge in [0, 0.05) is 29.5 Å². The number of rotatable bonds is 3. The molecule has 1 N–H and O–H groups in total. The van der Waals surface area contributed by atoms with Crippen LogP contribution in [0.1, 0.15) is 23.9 Å². The number of benzene rings is 1. The van der Waals surface area contributed by atoms with Gasteiger partial charge in [-0.25, -0.2) is 14.6 Å². The van der Waals surface area contributed by atoms with Gasteiger partial charge >= 0.3 is 12.1 Å². The lowest BCUT2D eigenvalue weighted by molar-refractivity contribution is 0.181. The highest BCUT2D eigenvalue weighted by atomic mass is 32.1. The van der Waals surface area contributed by atoms with Gasteiger partial charge in [0.15, 0.2) is 0 Å². The van der Waals surface area contributed by atoms with E-state index in [2.05, 4.69) is 10.3 Å². The Labute approximate surface area is 149 Å². The van der Waals surface area contributed by atoms with Crippen LogP contribution in [0, 0.1) is 0 Å². The molecule has 2 fully saturated rings. The number of carbonyl (C=O) groups is 2. The number of urea groups is 1. The summed E-state index contributed by atoms with van der Waals surface area (Å²) in [5.41, 5.74) is 1.38. The molecule has 0 spiro atoms. The number of ether oxygens (including phenoxy) is 1. The fourth-order valence-electron chi connectivity index (χ4n) is 3.24. The van der Waals surface area contributed by atoms with Crippen molar-refractivity contribution in [2.24, 2.45) is 0 Å². The molecule has 2 aromatic rings. The van der Waals surface area contributed by atoms with Crippen LogP contribution in [0.15, 0.2) is 35.8 Å². The summed E-state index contributed by atoms with van der Waals surface area (Å²) in [5, 5.41) is 5.85. The first-order chi connectivity index (χ1) is 12.2. The number of amides is 3. The quantitative estimate of drug-likeness (QED) is 0.912. The second kappa shape index (κ2) is 6.72. The number of likely N-dealkylation sites (tertiary alicyclic amines) is 1. The van der Waals surface area contributed by atoms with E-state index in [9.17, 15) is 9.59 Å². The molecule has 8 heteroatoms. The van der Waals surface area contributed by atoms with E-state index in [1.165, 1.54) is 0 Å². The van der Waals surface area contributed by atoms with Crippen LogP contribution in [-0.4, -0.2) is 41.7 Å². The van der Waals surface area contributed by atoms with E-state index in [1.807, 2.05) is 28.5 Å². The summed E-state index contributed by atoms with van der Waals surface area (Å²) in [6.07, 6.45) is 3.32. The van der Waals surface area contributed by atoms with E-state index in [0.717, 1.165) is 23.5 Å². The van der Waals surface area contributed by atoms with Crippen molar-refractivity contribution in [1.82, 2.24) is 9.88 Å². The molecule has 1 unspecified atom stereocenters. The summed E-state index contributed by atoms with van der Waals surface area (Å²) in [6.45, 7) is 1.63. The zero-order valence-corrected chi connectivity index (χ0v) is 14.4. The average molecular weight is 358 g/mol. The number of anilines is 2. The van der Waals surface area contributed by atoms with Crippen LogP contribution >= 0.6 is 11.3 Å². The normalized spacial score (nSPS) is 20.0. The molecule has 2 saturated heterocycles. The van der Waals surface area contributed by atoms with E-state index in [1.54, 1.807) is 28.5 Å². The van der Waals surface area contributed by atoms with E-state index in [4.69, 9.17) is 4.74 Å². The first kappa shape index (κ1) is 15.9. The first-order valence-electron chi connectivity index (χ1n) is 8.24. The number of nitrogens with one attached hydrogen (secondary N) is 1. The molecule has 130 valence electrons. The van der Waals surface area contributed by atoms with E-state index in [-0.39, 0.29) is 18.2 Å². The smallest absolute Gasteiger partial charge is 0.414 e. The summed E-state index contributed by atoms with van der Waals surface area (Å²) >= 11 is 1.58. The minimum Gasteiger partial charge on any atom is -0.447 e. The van der Waals surface area contributed by atoms with Crippen molar-refractivity contribution in [2.45, 2.75) is 18.9 Å². The number of carbonyl (C=O) groups excluding carboxylic acids is 2. The fraction of sp³-hybridized carbons (Fsp3) is 0.353. The third kappa shape index (κ3) is 3.17. The molecular formula is C17H18N4O3S. The van der Waals surface area contributed by atoms with Gasteiger partial charge in [-0.2, -0.15) is 0 Å². The van der Waals surface area contributed by atoms with Crippen molar-refractivity contribution in [3.63, 3.8) is 0 Å². The zero-order valence-electron chi connectivity index (χ0n) is 13.6. The molecule has 0 radical (unpaired) electrons. The van der Waals surface area contributed by atoms with Crippen LogP contribution in [0.5, 0.6) is 0 Å². The minimum atomic E-state index is -0.355. The van der Waals surface area contributed by atoms with E-state index < -0.39 is 0 Å². The Hall–Kier alpha value is -2.61. The standard InChI is InChI=1S/C17H18N4O3S/c22-16(21-7-2-5-14(21)15-18-6-10-25-15)19-12-3-1-4-13(11-12)20-8-9-24-17(20)23/h1,3-4,6,10-11,14H,2,5,7-9H2,(H,19,22). The van der Waals surface area contributed by atoms with Gasteiger partial charge in [0.2, 0.25) is 0 Å². The van der Waals surface area contributed by atoms with Crippen LogP contribution in [-0.2, 0) is 4.74 Å². The third-order valence-electron chi connectivity index (χ3n) is 4.42. The second-order valence-corrected chi connectivity index (χ2v) is 6.89. The predicted molar refractivity (Wildman–Crippen MR) is 94.9 cm³/mol. The number of cyclic esters (lactones) is 1. The lowest BCUT2D eigenvalue weighted by Gasteiger charge is -2.23. The summed E-state index contributed by atoms with van der Waals surface area (Å²) in [5.74, 6) is 0. The van der Waals surface area contributed by atoms with E-state index >= 15 is 0 Å². The summed E-state index contributed by atoms with van der Waals surface area (Å²) < 4.78 is 4.96. The van der Waals surface area contributed by atoms with Crippen molar-refractivity contribution in [2.75, 3.05) is 29.9 Å². The van der Waals surface area contributed by atoms with Gasteiger partial charge in [-0.3, -0.25) is 4.90 Å². The molecule has 7 nitrogen and oxygen atoms in total. The molecule has 0 bridgehead atoms. The third-order valence-corrected chi connectivity index (χ3v) is 5.30. The van der Waals surface area contributed by atoms with Crippen LogP contribution in [0.2, 0.25) is 0 Å². The summed E-state index contributed by atoms with van der Waals surface area (Å²) in [7, 11) is 0. The minimum absolute atomic E-state index is 0.0387. The molecule has 25 heavy (non-hydrogen) atoms. The van der Waals surface area contributed by atoms with E-state index in [0.29, 0.717) is 25.4 Å². The van der Waals surface area contributed by atoms with Gasteiger partial charge in [0.1, 0.15) is 11.6 Å². The lowest BCUT2D eigenvalue weighted by Crippen LogP contribution is -2.34. The molecule has 3 heterocycles. The van der Waals surface area contributed by atoms with Crippen molar-refractivity contribution in [3.05, 3.63) is 40.8 Å². The van der Waals surface area contributed by atoms with Gasteiger partial charge in [-0.05, 0) is 31.0 Å². The van der Waals surface area contributed by atoms with Gasteiger partial charge in [-0.1, -0.05) is 6.07 Å². The molecule has 1 aromatic carbocycles. The Morgan fingerprint density at radius 3 is 3.04 bits per heavy atom. The highest BCUT2D eigenvalue weighted by Gasteiger charge is 2.32. The van der Waals surface area contributed by atoms with Crippen molar-refractivity contribution in [3.8, 4) is 0 Å². The number of thiazole rings is 1. The molecule has 2 aliphatic rings.